The highest BCUT2D eigenvalue weighted by Gasteiger charge is 2.19. The number of rotatable bonds is 4. The van der Waals surface area contributed by atoms with Crippen LogP contribution in [0.2, 0.25) is 0 Å². The molecule has 0 aliphatic carbocycles. The summed E-state index contributed by atoms with van der Waals surface area (Å²) >= 11 is 0. The van der Waals surface area contributed by atoms with Crippen LogP contribution in [0.4, 0.5) is 0 Å². The zero-order valence-electron chi connectivity index (χ0n) is 13.7. The molecule has 0 saturated carbocycles. The molecule has 1 aliphatic rings. The lowest BCUT2D eigenvalue weighted by atomic mass is 10.0. The molecule has 0 aromatic carbocycles. The molecule has 1 atom stereocenters. The summed E-state index contributed by atoms with van der Waals surface area (Å²) in [5, 5.41) is 7.26. The van der Waals surface area contributed by atoms with Gasteiger partial charge in [-0.2, -0.15) is 5.10 Å². The van der Waals surface area contributed by atoms with E-state index in [9.17, 15) is 4.79 Å². The van der Waals surface area contributed by atoms with Gasteiger partial charge in [0.2, 0.25) is 0 Å². The smallest absolute Gasteiger partial charge is 0.254 e. The van der Waals surface area contributed by atoms with Crippen LogP contribution >= 0.6 is 0 Å². The largest absolute Gasteiger partial charge is 0.351 e. The fourth-order valence-electron chi connectivity index (χ4n) is 2.71. The molecule has 2 heterocycles. The van der Waals surface area contributed by atoms with Gasteiger partial charge in [0.05, 0.1) is 17.3 Å². The van der Waals surface area contributed by atoms with Crippen LogP contribution in [0.25, 0.3) is 0 Å². The van der Waals surface area contributed by atoms with Gasteiger partial charge in [-0.25, -0.2) is 0 Å². The fourth-order valence-corrected chi connectivity index (χ4v) is 2.71. The van der Waals surface area contributed by atoms with Crippen molar-refractivity contribution < 1.29 is 4.79 Å². The van der Waals surface area contributed by atoms with Gasteiger partial charge in [-0.1, -0.05) is 6.42 Å². The standard InChI is InChI=1S/C16H28N4O/c1-13-7-5-6-9-19(13)10-8-17-15(21)14-11-18-20(12-14)16(2,3)4/h11-13H,5-10H2,1-4H3,(H,17,21). The third kappa shape index (κ3) is 4.30. The van der Waals surface area contributed by atoms with Crippen LogP contribution in [0.5, 0.6) is 0 Å². The number of carbonyl (C=O) groups is 1. The van der Waals surface area contributed by atoms with Gasteiger partial charge in [-0.3, -0.25) is 14.4 Å². The maximum atomic E-state index is 12.1. The van der Waals surface area contributed by atoms with Crippen molar-refractivity contribution in [3.63, 3.8) is 0 Å². The minimum Gasteiger partial charge on any atom is -0.351 e. The minimum absolute atomic E-state index is 0.0323. The SMILES string of the molecule is CC1CCCCN1CCNC(=O)c1cnn(C(C)(C)C)c1. The van der Waals surface area contributed by atoms with E-state index in [1.165, 1.54) is 19.3 Å². The van der Waals surface area contributed by atoms with Gasteiger partial charge in [0.15, 0.2) is 0 Å². The molecule has 1 aliphatic heterocycles. The number of aromatic nitrogens is 2. The van der Waals surface area contributed by atoms with Gasteiger partial charge in [-0.05, 0) is 47.1 Å². The van der Waals surface area contributed by atoms with Crippen molar-refractivity contribution in [1.82, 2.24) is 20.0 Å². The molecule has 1 unspecified atom stereocenters. The number of nitrogens with zero attached hydrogens (tertiary/aromatic N) is 3. The summed E-state index contributed by atoms with van der Waals surface area (Å²) in [6.07, 6.45) is 7.34. The lowest BCUT2D eigenvalue weighted by Gasteiger charge is -2.33. The molecule has 1 saturated heterocycles. The lowest BCUT2D eigenvalue weighted by Crippen LogP contribution is -2.42. The predicted octanol–water partition coefficient (Wildman–Crippen LogP) is 2.24. The van der Waals surface area contributed by atoms with Gasteiger partial charge in [0.1, 0.15) is 0 Å². The topological polar surface area (TPSA) is 50.2 Å². The first kappa shape index (κ1) is 16.0. The van der Waals surface area contributed by atoms with Gasteiger partial charge in [0.25, 0.3) is 5.91 Å². The monoisotopic (exact) mass is 292 g/mol. The maximum absolute atomic E-state index is 12.1. The fraction of sp³-hybridized carbons (Fsp3) is 0.750. The molecule has 1 aromatic heterocycles. The Labute approximate surface area is 127 Å². The van der Waals surface area contributed by atoms with Gasteiger partial charge < -0.3 is 5.32 Å². The van der Waals surface area contributed by atoms with E-state index >= 15 is 0 Å². The van der Waals surface area contributed by atoms with E-state index in [4.69, 9.17) is 0 Å². The van der Waals surface area contributed by atoms with Crippen molar-refractivity contribution in [2.75, 3.05) is 19.6 Å². The highest BCUT2D eigenvalue weighted by Crippen LogP contribution is 2.15. The summed E-state index contributed by atoms with van der Waals surface area (Å²) in [6.45, 7) is 11.3. The van der Waals surface area contributed by atoms with Crippen molar-refractivity contribution in [1.29, 1.82) is 0 Å². The van der Waals surface area contributed by atoms with Crippen LogP contribution in [-0.4, -0.2) is 46.3 Å². The second-order valence-electron chi connectivity index (χ2n) is 6.98. The molecule has 5 heteroatoms. The Morgan fingerprint density at radius 1 is 1.43 bits per heavy atom. The van der Waals surface area contributed by atoms with Crippen LogP contribution in [0.15, 0.2) is 12.4 Å². The van der Waals surface area contributed by atoms with Gasteiger partial charge in [0, 0.05) is 25.3 Å². The molecule has 118 valence electrons. The summed E-state index contributed by atoms with van der Waals surface area (Å²) in [7, 11) is 0. The number of piperidine rings is 1. The van der Waals surface area contributed by atoms with Crippen molar-refractivity contribution in [3.8, 4) is 0 Å². The first-order valence-corrected chi connectivity index (χ1v) is 7.95. The summed E-state index contributed by atoms with van der Waals surface area (Å²) < 4.78 is 1.83. The minimum atomic E-state index is -0.0955. The van der Waals surface area contributed by atoms with Crippen LogP contribution in [-0.2, 0) is 5.54 Å². The Hall–Kier alpha value is -1.36. The summed E-state index contributed by atoms with van der Waals surface area (Å²) in [5.74, 6) is -0.0323. The predicted molar refractivity (Wildman–Crippen MR) is 84.4 cm³/mol. The number of likely N-dealkylation sites (tertiary alicyclic amines) is 1. The summed E-state index contributed by atoms with van der Waals surface area (Å²) in [6, 6.07) is 0.638. The molecule has 1 amide bonds. The second-order valence-corrected chi connectivity index (χ2v) is 6.98. The van der Waals surface area contributed by atoms with Gasteiger partial charge >= 0.3 is 0 Å². The molecule has 1 aromatic rings. The van der Waals surface area contributed by atoms with E-state index in [1.807, 2.05) is 10.9 Å². The molecule has 0 bridgehead atoms. The Balaban J connectivity index is 1.80. The van der Waals surface area contributed by atoms with E-state index in [1.54, 1.807) is 6.20 Å². The molecular formula is C16H28N4O. The van der Waals surface area contributed by atoms with Crippen molar-refractivity contribution in [2.45, 2.75) is 58.5 Å². The van der Waals surface area contributed by atoms with E-state index in [0.717, 1.165) is 13.1 Å². The normalized spacial score (nSPS) is 20.5. The van der Waals surface area contributed by atoms with E-state index in [0.29, 0.717) is 18.2 Å². The van der Waals surface area contributed by atoms with Crippen LogP contribution in [0.3, 0.4) is 0 Å². The Morgan fingerprint density at radius 3 is 2.81 bits per heavy atom. The van der Waals surface area contributed by atoms with E-state index in [2.05, 4.69) is 43.0 Å². The molecule has 0 radical (unpaired) electrons. The molecule has 2 rings (SSSR count). The lowest BCUT2D eigenvalue weighted by molar-refractivity contribution is 0.0938. The average molecular weight is 292 g/mol. The van der Waals surface area contributed by atoms with Crippen LogP contribution in [0, 0.1) is 0 Å². The Kier molecular flexibility index (Phi) is 5.04. The first-order valence-electron chi connectivity index (χ1n) is 7.95. The highest BCUT2D eigenvalue weighted by molar-refractivity contribution is 5.93. The van der Waals surface area contributed by atoms with Crippen molar-refractivity contribution >= 4 is 5.91 Å². The zero-order chi connectivity index (χ0) is 15.5. The number of hydrogen-bond donors (Lipinski definition) is 1. The molecule has 1 N–H and O–H groups in total. The average Bonchev–Trinajstić information content (AvgIpc) is 2.90. The third-order valence-electron chi connectivity index (χ3n) is 4.16. The molecule has 0 spiro atoms. The Morgan fingerprint density at radius 2 is 2.19 bits per heavy atom. The zero-order valence-corrected chi connectivity index (χ0v) is 13.7. The maximum Gasteiger partial charge on any atom is 0.254 e. The van der Waals surface area contributed by atoms with Gasteiger partial charge in [-0.15, -0.1) is 0 Å². The quantitative estimate of drug-likeness (QED) is 0.926. The summed E-state index contributed by atoms with van der Waals surface area (Å²) in [5.41, 5.74) is 0.540. The third-order valence-corrected chi connectivity index (χ3v) is 4.16. The number of hydrogen-bond acceptors (Lipinski definition) is 3. The number of carbonyl (C=O) groups excluding carboxylic acids is 1. The van der Waals surface area contributed by atoms with Crippen LogP contribution in [0.1, 0.15) is 57.3 Å². The van der Waals surface area contributed by atoms with E-state index in [-0.39, 0.29) is 11.4 Å². The van der Waals surface area contributed by atoms with Crippen LogP contribution < -0.4 is 5.32 Å². The Bertz CT molecular complexity index is 475. The second kappa shape index (κ2) is 6.60. The summed E-state index contributed by atoms with van der Waals surface area (Å²) in [4.78, 5) is 14.6. The molecule has 5 nitrogen and oxygen atoms in total. The van der Waals surface area contributed by atoms with Crippen molar-refractivity contribution in [3.05, 3.63) is 18.0 Å². The van der Waals surface area contributed by atoms with Crippen molar-refractivity contribution in [2.24, 2.45) is 0 Å². The molecular weight excluding hydrogens is 264 g/mol. The first-order chi connectivity index (χ1) is 9.88. The number of nitrogens with one attached hydrogen (secondary N) is 1. The molecule has 21 heavy (non-hydrogen) atoms. The van der Waals surface area contributed by atoms with E-state index < -0.39 is 0 Å². The highest BCUT2D eigenvalue weighted by atomic mass is 16.1. The molecule has 1 fully saturated rings. The number of amides is 1.